The number of carbonyl (C=O) groups is 1. The number of carboxylic acid groups (broad SMARTS) is 1. The van der Waals surface area contributed by atoms with E-state index < -0.39 is 5.97 Å². The number of pyridine rings is 2. The Balaban J connectivity index is 2.53. The maximum absolute atomic E-state index is 10.7. The normalized spacial score (nSPS) is 10.0. The molecule has 80 valence electrons. The van der Waals surface area contributed by atoms with Gasteiger partial charge in [-0.05, 0) is 24.3 Å². The van der Waals surface area contributed by atoms with Crippen LogP contribution in [-0.2, 0) is 0 Å². The Bertz CT molecular complexity index is 540. The maximum atomic E-state index is 10.7. The van der Waals surface area contributed by atoms with Gasteiger partial charge in [0.2, 0.25) is 0 Å². The summed E-state index contributed by atoms with van der Waals surface area (Å²) in [6.07, 6.45) is 1.50. The Morgan fingerprint density at radius 2 is 2.00 bits per heavy atom. The zero-order valence-corrected chi connectivity index (χ0v) is 8.16. The van der Waals surface area contributed by atoms with E-state index in [2.05, 4.69) is 9.97 Å². The quantitative estimate of drug-likeness (QED) is 0.795. The van der Waals surface area contributed by atoms with E-state index >= 15 is 0 Å². The SMILES string of the molecule is O=C(O)c1cccc(-c2ncccc2O)n1. The van der Waals surface area contributed by atoms with Crippen LogP contribution < -0.4 is 0 Å². The highest BCUT2D eigenvalue weighted by Gasteiger charge is 2.10. The van der Waals surface area contributed by atoms with Crippen molar-refractivity contribution in [3.05, 3.63) is 42.2 Å². The second-order valence-electron chi connectivity index (χ2n) is 3.08. The van der Waals surface area contributed by atoms with Crippen LogP contribution >= 0.6 is 0 Å². The molecule has 0 fully saturated rings. The summed E-state index contributed by atoms with van der Waals surface area (Å²) in [4.78, 5) is 18.5. The van der Waals surface area contributed by atoms with E-state index in [9.17, 15) is 9.90 Å². The summed E-state index contributed by atoms with van der Waals surface area (Å²) in [5.74, 6) is -1.14. The molecule has 0 aliphatic carbocycles. The topological polar surface area (TPSA) is 83.3 Å². The number of carboxylic acids is 1. The molecule has 0 amide bonds. The maximum Gasteiger partial charge on any atom is 0.354 e. The Morgan fingerprint density at radius 1 is 1.19 bits per heavy atom. The zero-order chi connectivity index (χ0) is 11.5. The minimum Gasteiger partial charge on any atom is -0.506 e. The zero-order valence-electron chi connectivity index (χ0n) is 8.16. The van der Waals surface area contributed by atoms with Gasteiger partial charge in [0, 0.05) is 6.20 Å². The average Bonchev–Trinajstić information content (AvgIpc) is 2.30. The molecule has 0 aliphatic rings. The lowest BCUT2D eigenvalue weighted by atomic mass is 10.2. The molecule has 0 aliphatic heterocycles. The first kappa shape index (κ1) is 10.1. The fraction of sp³-hybridized carbons (Fsp3) is 0. The van der Waals surface area contributed by atoms with Gasteiger partial charge in [-0.1, -0.05) is 6.07 Å². The molecule has 2 rings (SSSR count). The van der Waals surface area contributed by atoms with Crippen molar-refractivity contribution in [2.75, 3.05) is 0 Å². The molecule has 0 spiro atoms. The fourth-order valence-corrected chi connectivity index (χ4v) is 1.28. The summed E-state index contributed by atoms with van der Waals surface area (Å²) in [6.45, 7) is 0. The van der Waals surface area contributed by atoms with E-state index in [1.165, 1.54) is 18.3 Å². The van der Waals surface area contributed by atoms with Gasteiger partial charge in [-0.25, -0.2) is 9.78 Å². The molecule has 0 saturated carbocycles. The molecule has 0 bridgehead atoms. The van der Waals surface area contributed by atoms with Gasteiger partial charge in [-0.2, -0.15) is 0 Å². The van der Waals surface area contributed by atoms with E-state index in [0.29, 0.717) is 5.69 Å². The van der Waals surface area contributed by atoms with Crippen molar-refractivity contribution in [3.8, 4) is 17.1 Å². The van der Waals surface area contributed by atoms with Crippen molar-refractivity contribution in [1.29, 1.82) is 0 Å². The summed E-state index contributed by atoms with van der Waals surface area (Å²) in [6, 6.07) is 7.58. The van der Waals surface area contributed by atoms with Gasteiger partial charge >= 0.3 is 5.97 Å². The number of rotatable bonds is 2. The van der Waals surface area contributed by atoms with E-state index in [1.54, 1.807) is 18.2 Å². The first-order chi connectivity index (χ1) is 7.68. The van der Waals surface area contributed by atoms with Crippen molar-refractivity contribution in [2.24, 2.45) is 0 Å². The number of aromatic nitrogens is 2. The standard InChI is InChI=1S/C11H8N2O3/c14-9-5-2-6-12-10(9)7-3-1-4-8(13-7)11(15)16/h1-6,14H,(H,15,16). The molecule has 0 radical (unpaired) electrons. The Morgan fingerprint density at radius 3 is 2.69 bits per heavy atom. The predicted molar refractivity (Wildman–Crippen MR) is 56.1 cm³/mol. The third-order valence-electron chi connectivity index (χ3n) is 2.00. The lowest BCUT2D eigenvalue weighted by Gasteiger charge is -2.02. The van der Waals surface area contributed by atoms with Crippen LogP contribution in [0.15, 0.2) is 36.5 Å². The molecule has 0 aromatic carbocycles. The molecule has 2 N–H and O–H groups in total. The van der Waals surface area contributed by atoms with Crippen LogP contribution in [0.3, 0.4) is 0 Å². The lowest BCUT2D eigenvalue weighted by Crippen LogP contribution is -2.01. The molecule has 0 atom stereocenters. The molecule has 2 aromatic rings. The number of hydrogen-bond donors (Lipinski definition) is 2. The van der Waals surface area contributed by atoms with Crippen molar-refractivity contribution >= 4 is 5.97 Å². The smallest absolute Gasteiger partial charge is 0.354 e. The summed E-state index contributed by atoms with van der Waals surface area (Å²) >= 11 is 0. The molecular weight excluding hydrogens is 208 g/mol. The molecule has 2 heterocycles. The predicted octanol–water partition coefficient (Wildman–Crippen LogP) is 1.55. The lowest BCUT2D eigenvalue weighted by molar-refractivity contribution is 0.0690. The van der Waals surface area contributed by atoms with Gasteiger partial charge in [-0.3, -0.25) is 4.98 Å². The molecule has 5 nitrogen and oxygen atoms in total. The highest BCUT2D eigenvalue weighted by molar-refractivity contribution is 5.86. The number of hydrogen-bond acceptors (Lipinski definition) is 4. The van der Waals surface area contributed by atoms with Gasteiger partial charge in [0.1, 0.15) is 17.1 Å². The number of nitrogens with zero attached hydrogens (tertiary/aromatic N) is 2. The van der Waals surface area contributed by atoms with Crippen molar-refractivity contribution < 1.29 is 15.0 Å². The number of aromatic hydroxyl groups is 1. The van der Waals surface area contributed by atoms with E-state index in [0.717, 1.165) is 0 Å². The summed E-state index contributed by atoms with van der Waals surface area (Å²) < 4.78 is 0. The summed E-state index contributed by atoms with van der Waals surface area (Å²) in [5.41, 5.74) is 0.520. The van der Waals surface area contributed by atoms with Crippen LogP contribution in [-0.4, -0.2) is 26.2 Å². The average molecular weight is 216 g/mol. The Labute approximate surface area is 91.0 Å². The molecular formula is C11H8N2O3. The van der Waals surface area contributed by atoms with Crippen molar-refractivity contribution in [2.45, 2.75) is 0 Å². The second-order valence-corrected chi connectivity index (χ2v) is 3.08. The monoisotopic (exact) mass is 216 g/mol. The minimum atomic E-state index is -1.11. The van der Waals surface area contributed by atoms with Crippen LogP contribution in [0.2, 0.25) is 0 Å². The first-order valence-electron chi connectivity index (χ1n) is 4.53. The highest BCUT2D eigenvalue weighted by atomic mass is 16.4. The van der Waals surface area contributed by atoms with Gasteiger partial charge in [-0.15, -0.1) is 0 Å². The second kappa shape index (κ2) is 3.98. The Hall–Kier alpha value is -2.43. The van der Waals surface area contributed by atoms with Crippen LogP contribution in [0.5, 0.6) is 5.75 Å². The third kappa shape index (κ3) is 1.83. The summed E-state index contributed by atoms with van der Waals surface area (Å²) in [5, 5.41) is 18.3. The van der Waals surface area contributed by atoms with Crippen LogP contribution in [0.1, 0.15) is 10.5 Å². The molecule has 2 aromatic heterocycles. The molecule has 0 unspecified atom stereocenters. The van der Waals surface area contributed by atoms with E-state index in [4.69, 9.17) is 5.11 Å². The first-order valence-corrected chi connectivity index (χ1v) is 4.53. The molecule has 5 heteroatoms. The Kier molecular flexibility index (Phi) is 2.51. The van der Waals surface area contributed by atoms with Gasteiger partial charge in [0.05, 0.1) is 5.69 Å². The van der Waals surface area contributed by atoms with Gasteiger partial charge in [0.15, 0.2) is 0 Å². The van der Waals surface area contributed by atoms with Gasteiger partial charge in [0.25, 0.3) is 0 Å². The highest BCUT2D eigenvalue weighted by Crippen LogP contribution is 2.24. The summed E-state index contributed by atoms with van der Waals surface area (Å²) in [7, 11) is 0. The minimum absolute atomic E-state index is 0.0301. The van der Waals surface area contributed by atoms with Crippen LogP contribution in [0.25, 0.3) is 11.4 Å². The molecule has 16 heavy (non-hydrogen) atoms. The van der Waals surface area contributed by atoms with Crippen LogP contribution in [0, 0.1) is 0 Å². The number of aromatic carboxylic acids is 1. The van der Waals surface area contributed by atoms with Crippen molar-refractivity contribution in [3.63, 3.8) is 0 Å². The third-order valence-corrected chi connectivity index (χ3v) is 2.00. The fourth-order valence-electron chi connectivity index (χ4n) is 1.28. The van der Waals surface area contributed by atoms with E-state index in [1.807, 2.05) is 0 Å². The van der Waals surface area contributed by atoms with E-state index in [-0.39, 0.29) is 17.1 Å². The van der Waals surface area contributed by atoms with Gasteiger partial charge < -0.3 is 10.2 Å². The largest absolute Gasteiger partial charge is 0.506 e. The van der Waals surface area contributed by atoms with Crippen molar-refractivity contribution in [1.82, 2.24) is 9.97 Å². The van der Waals surface area contributed by atoms with Crippen LogP contribution in [0.4, 0.5) is 0 Å². The molecule has 0 saturated heterocycles.